The second kappa shape index (κ2) is 8.94. The lowest BCUT2D eigenvalue weighted by molar-refractivity contribution is -0.121. The van der Waals surface area contributed by atoms with Crippen LogP contribution in [0.4, 0.5) is 4.39 Å². The Balaban J connectivity index is 2.13. The number of nitrogens with one attached hydrogen (secondary N) is 2. The van der Waals surface area contributed by atoms with E-state index in [1.807, 2.05) is 0 Å². The van der Waals surface area contributed by atoms with Crippen molar-refractivity contribution in [3.8, 4) is 0 Å². The zero-order chi connectivity index (χ0) is 20.9. The van der Waals surface area contributed by atoms with Gasteiger partial charge in [0.25, 0.3) is 5.91 Å². The van der Waals surface area contributed by atoms with Crippen molar-refractivity contribution in [3.63, 3.8) is 0 Å². The molecule has 7 nitrogen and oxygen atoms in total. The number of carbonyl (C=O) groups is 2. The number of sulfonamides is 1. The lowest BCUT2D eigenvalue weighted by Gasteiger charge is -2.15. The van der Waals surface area contributed by atoms with Crippen molar-refractivity contribution in [2.45, 2.75) is 18.2 Å². The minimum Gasteiger partial charge on any atom is -0.369 e. The van der Waals surface area contributed by atoms with Crippen LogP contribution >= 0.6 is 0 Å². The molecule has 4 N–H and O–H groups in total. The van der Waals surface area contributed by atoms with Gasteiger partial charge in [-0.1, -0.05) is 18.2 Å². The van der Waals surface area contributed by atoms with Crippen LogP contribution in [0.15, 0.2) is 47.4 Å². The van der Waals surface area contributed by atoms with E-state index in [1.54, 1.807) is 19.1 Å². The van der Waals surface area contributed by atoms with E-state index in [1.165, 1.54) is 37.4 Å². The van der Waals surface area contributed by atoms with Gasteiger partial charge in [0.1, 0.15) is 5.82 Å². The Morgan fingerprint density at radius 3 is 2.36 bits per heavy atom. The topological polar surface area (TPSA) is 118 Å². The molecule has 0 aromatic heterocycles. The summed E-state index contributed by atoms with van der Waals surface area (Å²) < 4.78 is 39.1. The number of amides is 2. The summed E-state index contributed by atoms with van der Waals surface area (Å²) in [5.41, 5.74) is 6.89. The molecule has 0 radical (unpaired) electrons. The van der Waals surface area contributed by atoms with Gasteiger partial charge in [-0.25, -0.2) is 17.5 Å². The highest BCUT2D eigenvalue weighted by molar-refractivity contribution is 7.89. The molecule has 0 fully saturated rings. The normalized spacial score (nSPS) is 12.4. The van der Waals surface area contributed by atoms with Crippen LogP contribution in [0.25, 0.3) is 0 Å². The van der Waals surface area contributed by atoms with Crippen molar-refractivity contribution in [1.82, 2.24) is 10.0 Å². The van der Waals surface area contributed by atoms with Crippen molar-refractivity contribution in [3.05, 3.63) is 65.0 Å². The molecule has 1 atom stereocenters. The van der Waals surface area contributed by atoms with Gasteiger partial charge in [0.05, 0.1) is 10.8 Å². The summed E-state index contributed by atoms with van der Waals surface area (Å²) in [5, 5.41) is 2.62. The number of rotatable bonds is 8. The van der Waals surface area contributed by atoms with Crippen molar-refractivity contribution in [1.29, 1.82) is 0 Å². The molecule has 0 heterocycles. The highest BCUT2D eigenvalue weighted by atomic mass is 32.2. The third kappa shape index (κ3) is 5.37. The Kier molecular flexibility index (Phi) is 6.87. The first-order chi connectivity index (χ1) is 13.1. The second-order valence-electron chi connectivity index (χ2n) is 6.32. The molecule has 2 aromatic carbocycles. The van der Waals surface area contributed by atoms with Gasteiger partial charge in [0.15, 0.2) is 0 Å². The van der Waals surface area contributed by atoms with E-state index in [0.717, 1.165) is 0 Å². The molecule has 0 bridgehead atoms. The van der Waals surface area contributed by atoms with E-state index in [-0.39, 0.29) is 29.2 Å². The van der Waals surface area contributed by atoms with Crippen LogP contribution < -0.4 is 15.8 Å². The van der Waals surface area contributed by atoms with Gasteiger partial charge < -0.3 is 11.1 Å². The average Bonchev–Trinajstić information content (AvgIpc) is 2.66. The molecule has 2 aromatic rings. The predicted molar refractivity (Wildman–Crippen MR) is 103 cm³/mol. The molecule has 0 saturated carbocycles. The minimum absolute atomic E-state index is 0.0337. The maximum Gasteiger partial charge on any atom is 0.251 e. The van der Waals surface area contributed by atoms with Crippen molar-refractivity contribution >= 4 is 21.8 Å². The molecule has 9 heteroatoms. The van der Waals surface area contributed by atoms with Crippen LogP contribution in [0.5, 0.6) is 0 Å². The zero-order valence-electron chi connectivity index (χ0n) is 15.5. The van der Waals surface area contributed by atoms with Gasteiger partial charge in [-0.2, -0.15) is 0 Å². The Hall–Kier alpha value is -2.78. The van der Waals surface area contributed by atoms with Crippen LogP contribution in [0.1, 0.15) is 21.5 Å². The van der Waals surface area contributed by atoms with Gasteiger partial charge in [0.2, 0.25) is 15.9 Å². The van der Waals surface area contributed by atoms with E-state index in [4.69, 9.17) is 5.73 Å². The molecule has 0 aliphatic rings. The predicted octanol–water partition coefficient (Wildman–Crippen LogP) is 1.12. The smallest absolute Gasteiger partial charge is 0.251 e. The summed E-state index contributed by atoms with van der Waals surface area (Å²) in [7, 11) is -2.42. The summed E-state index contributed by atoms with van der Waals surface area (Å²) in [6.45, 7) is 1.64. The second-order valence-corrected chi connectivity index (χ2v) is 8.21. The largest absolute Gasteiger partial charge is 0.369 e. The van der Waals surface area contributed by atoms with E-state index in [9.17, 15) is 22.4 Å². The van der Waals surface area contributed by atoms with Crippen LogP contribution in [0.3, 0.4) is 0 Å². The molecule has 0 aliphatic carbocycles. The number of hydrogen-bond acceptors (Lipinski definition) is 4. The van der Waals surface area contributed by atoms with E-state index >= 15 is 0 Å². The van der Waals surface area contributed by atoms with E-state index < -0.39 is 27.8 Å². The maximum atomic E-state index is 13.0. The molecule has 2 rings (SSSR count). The summed E-state index contributed by atoms with van der Waals surface area (Å²) in [4.78, 5) is 24.2. The fraction of sp³-hybridized carbons (Fsp3) is 0.263. The Labute approximate surface area is 163 Å². The molecule has 1 unspecified atom stereocenters. The number of primary amides is 1. The van der Waals surface area contributed by atoms with Crippen LogP contribution in [-0.4, -0.2) is 33.8 Å². The molecule has 0 spiro atoms. The summed E-state index contributed by atoms with van der Waals surface area (Å²) >= 11 is 0. The van der Waals surface area contributed by atoms with Crippen LogP contribution in [0, 0.1) is 18.7 Å². The van der Waals surface area contributed by atoms with Crippen LogP contribution in [-0.2, 0) is 21.2 Å². The summed E-state index contributed by atoms with van der Waals surface area (Å²) in [6.07, 6.45) is 0.239. The molecular weight excluding hydrogens is 385 g/mol. The maximum absolute atomic E-state index is 13.0. The number of aryl methyl sites for hydroxylation is 1. The molecule has 2 amide bonds. The summed E-state index contributed by atoms with van der Waals surface area (Å²) in [5.74, 6) is -2.21. The fourth-order valence-electron chi connectivity index (χ4n) is 2.62. The SMILES string of the molecule is CNS(=O)(=O)c1ccc(C)c(C(=O)NCC(Cc2ccc(F)cc2)C(N)=O)c1. The molecule has 28 heavy (non-hydrogen) atoms. The fourth-order valence-corrected chi connectivity index (χ4v) is 3.38. The molecule has 0 aliphatic heterocycles. The van der Waals surface area contributed by atoms with Gasteiger partial charge in [-0.15, -0.1) is 0 Å². The lowest BCUT2D eigenvalue weighted by Crippen LogP contribution is -2.37. The van der Waals surface area contributed by atoms with Gasteiger partial charge in [-0.05, 0) is 55.8 Å². The standard InChI is InChI=1S/C19H22FN3O4S/c1-12-3-8-16(28(26,27)22-2)10-17(12)19(25)23-11-14(18(21)24)9-13-4-6-15(20)7-5-13/h3-8,10,14,22H,9,11H2,1-2H3,(H2,21,24)(H,23,25). The van der Waals surface area contributed by atoms with Gasteiger partial charge >= 0.3 is 0 Å². The molecule has 0 saturated heterocycles. The van der Waals surface area contributed by atoms with E-state index in [0.29, 0.717) is 11.1 Å². The number of nitrogens with two attached hydrogens (primary N) is 1. The quantitative estimate of drug-likeness (QED) is 0.607. The van der Waals surface area contributed by atoms with Crippen molar-refractivity contribution < 1.29 is 22.4 Å². The number of benzene rings is 2. The van der Waals surface area contributed by atoms with Gasteiger partial charge in [0, 0.05) is 12.1 Å². The number of carbonyl (C=O) groups excluding carboxylic acids is 2. The highest BCUT2D eigenvalue weighted by Crippen LogP contribution is 2.16. The average molecular weight is 407 g/mol. The Morgan fingerprint density at radius 2 is 1.79 bits per heavy atom. The van der Waals surface area contributed by atoms with E-state index in [2.05, 4.69) is 10.0 Å². The number of halogens is 1. The van der Waals surface area contributed by atoms with Crippen LogP contribution in [0.2, 0.25) is 0 Å². The first-order valence-corrected chi connectivity index (χ1v) is 9.98. The monoisotopic (exact) mass is 407 g/mol. The third-order valence-corrected chi connectivity index (χ3v) is 5.75. The van der Waals surface area contributed by atoms with Crippen molar-refractivity contribution in [2.75, 3.05) is 13.6 Å². The van der Waals surface area contributed by atoms with Crippen molar-refractivity contribution in [2.24, 2.45) is 11.7 Å². The Morgan fingerprint density at radius 1 is 1.14 bits per heavy atom. The zero-order valence-corrected chi connectivity index (χ0v) is 16.3. The number of hydrogen-bond donors (Lipinski definition) is 3. The summed E-state index contributed by atoms with van der Waals surface area (Å²) in [6, 6.07) is 9.86. The first-order valence-electron chi connectivity index (χ1n) is 8.50. The third-order valence-electron chi connectivity index (χ3n) is 4.34. The first kappa shape index (κ1) is 21.5. The van der Waals surface area contributed by atoms with Gasteiger partial charge in [-0.3, -0.25) is 9.59 Å². The minimum atomic E-state index is -3.69. The molecule has 150 valence electrons. The lowest BCUT2D eigenvalue weighted by atomic mass is 9.98. The highest BCUT2D eigenvalue weighted by Gasteiger charge is 2.20. The molecular formula is C19H22FN3O4S. The Bertz CT molecular complexity index is 975.